The van der Waals surface area contributed by atoms with Gasteiger partial charge in [-0.25, -0.2) is 0 Å². The van der Waals surface area contributed by atoms with Gasteiger partial charge in [0.25, 0.3) is 0 Å². The van der Waals surface area contributed by atoms with Crippen LogP contribution in [-0.4, -0.2) is 24.1 Å². The Bertz CT molecular complexity index is 433. The Hall–Kier alpha value is -0.670. The van der Waals surface area contributed by atoms with Crippen LogP contribution < -0.4 is 10.6 Å². The zero-order chi connectivity index (χ0) is 13.1. The molecule has 0 bridgehead atoms. The summed E-state index contributed by atoms with van der Waals surface area (Å²) in [5.41, 5.74) is 4.33. The first-order valence-electron chi connectivity index (χ1n) is 7.47. The van der Waals surface area contributed by atoms with E-state index in [4.69, 9.17) is 0 Å². The topological polar surface area (TPSA) is 24.1 Å². The lowest BCUT2D eigenvalue weighted by Crippen LogP contribution is -2.34. The molecule has 1 fully saturated rings. The van der Waals surface area contributed by atoms with Crippen molar-refractivity contribution in [2.75, 3.05) is 18.1 Å². The van der Waals surface area contributed by atoms with Crippen molar-refractivity contribution < 1.29 is 0 Å². The summed E-state index contributed by atoms with van der Waals surface area (Å²) in [4.78, 5) is 0. The molecule has 2 nitrogen and oxygen atoms in total. The predicted octanol–water partition coefficient (Wildman–Crippen LogP) is 3.42. The van der Waals surface area contributed by atoms with Crippen molar-refractivity contribution in [1.82, 2.24) is 5.32 Å². The normalized spacial score (nSPS) is 25.9. The van der Waals surface area contributed by atoms with Gasteiger partial charge in [-0.1, -0.05) is 24.6 Å². The van der Waals surface area contributed by atoms with Crippen LogP contribution in [0.5, 0.6) is 0 Å². The molecule has 1 aromatic rings. The first-order valence-corrected chi connectivity index (χ1v) is 8.76. The molecule has 1 heterocycles. The van der Waals surface area contributed by atoms with Crippen LogP contribution in [0.1, 0.15) is 36.8 Å². The third-order valence-corrected chi connectivity index (χ3v) is 5.57. The predicted molar refractivity (Wildman–Crippen MR) is 85.0 cm³/mol. The number of nitrogens with one attached hydrogen (secondary N) is 2. The Kier molecular flexibility index (Phi) is 4.34. The molecule has 2 unspecified atom stereocenters. The van der Waals surface area contributed by atoms with Gasteiger partial charge in [0.2, 0.25) is 0 Å². The Balaban J connectivity index is 1.59. The highest BCUT2D eigenvalue weighted by molar-refractivity contribution is 7.99. The maximum Gasteiger partial charge on any atom is 0.0419 e. The molecule has 2 atom stereocenters. The van der Waals surface area contributed by atoms with Crippen LogP contribution in [0.2, 0.25) is 0 Å². The maximum atomic E-state index is 3.78. The minimum atomic E-state index is 0.712. The van der Waals surface area contributed by atoms with Gasteiger partial charge in [-0.3, -0.25) is 0 Å². The van der Waals surface area contributed by atoms with Crippen molar-refractivity contribution in [1.29, 1.82) is 0 Å². The van der Waals surface area contributed by atoms with Crippen molar-refractivity contribution in [3.8, 4) is 0 Å². The van der Waals surface area contributed by atoms with Gasteiger partial charge in [0.15, 0.2) is 0 Å². The molecule has 0 aromatic heterocycles. The molecule has 19 heavy (non-hydrogen) atoms. The quantitative estimate of drug-likeness (QED) is 0.881. The van der Waals surface area contributed by atoms with Crippen LogP contribution in [0, 0.1) is 0 Å². The summed E-state index contributed by atoms with van der Waals surface area (Å²) in [5, 5.41) is 8.18. The van der Waals surface area contributed by atoms with Crippen molar-refractivity contribution in [2.45, 2.75) is 49.9 Å². The molecule has 0 spiro atoms. The van der Waals surface area contributed by atoms with Crippen LogP contribution in [0.4, 0.5) is 5.69 Å². The summed E-state index contributed by atoms with van der Waals surface area (Å²) in [7, 11) is 0. The summed E-state index contributed by atoms with van der Waals surface area (Å²) in [6.45, 7) is 2.12. The Labute approximate surface area is 120 Å². The highest BCUT2D eigenvalue weighted by Crippen LogP contribution is 2.29. The first kappa shape index (κ1) is 13.3. The molecule has 3 heteroatoms. The van der Waals surface area contributed by atoms with E-state index in [-0.39, 0.29) is 0 Å². The monoisotopic (exact) mass is 276 g/mol. The molecule has 1 saturated carbocycles. The molecular weight excluding hydrogens is 252 g/mol. The lowest BCUT2D eigenvalue weighted by molar-refractivity contribution is 0.380. The molecule has 1 aromatic carbocycles. The molecule has 1 aliphatic heterocycles. The summed E-state index contributed by atoms with van der Waals surface area (Å²) >= 11 is 2.04. The average molecular weight is 276 g/mol. The fourth-order valence-electron chi connectivity index (χ4n) is 3.36. The van der Waals surface area contributed by atoms with Crippen LogP contribution in [0.25, 0.3) is 0 Å². The molecule has 2 N–H and O–H groups in total. The highest BCUT2D eigenvalue weighted by atomic mass is 32.2. The van der Waals surface area contributed by atoms with Crippen LogP contribution in [0.3, 0.4) is 0 Å². The van der Waals surface area contributed by atoms with E-state index in [2.05, 4.69) is 35.1 Å². The number of hydrogen-bond donors (Lipinski definition) is 2. The zero-order valence-corrected chi connectivity index (χ0v) is 12.6. The summed E-state index contributed by atoms with van der Waals surface area (Å²) in [6, 6.07) is 7.43. The molecule has 3 rings (SSSR count). The summed E-state index contributed by atoms with van der Waals surface area (Å²) in [5.74, 6) is 0. The second-order valence-corrected chi connectivity index (χ2v) is 6.87. The molecule has 1 aliphatic carbocycles. The Morgan fingerprint density at radius 1 is 1.37 bits per heavy atom. The van der Waals surface area contributed by atoms with E-state index in [1.807, 2.05) is 11.8 Å². The molecule has 0 radical (unpaired) electrons. The molecule has 104 valence electrons. The number of benzene rings is 1. The molecule has 2 aliphatic rings. The average Bonchev–Trinajstić information content (AvgIpc) is 2.94. The fourth-order valence-corrected chi connectivity index (χ4v) is 4.18. The van der Waals surface area contributed by atoms with E-state index >= 15 is 0 Å². The zero-order valence-electron chi connectivity index (χ0n) is 11.7. The van der Waals surface area contributed by atoms with Crippen molar-refractivity contribution in [2.24, 2.45) is 0 Å². The lowest BCUT2D eigenvalue weighted by atomic mass is 9.94. The third kappa shape index (κ3) is 3.09. The van der Waals surface area contributed by atoms with Crippen LogP contribution in [0.15, 0.2) is 18.2 Å². The Morgan fingerprint density at radius 3 is 3.21 bits per heavy atom. The van der Waals surface area contributed by atoms with Gasteiger partial charge < -0.3 is 10.6 Å². The largest absolute Gasteiger partial charge is 0.384 e. The fraction of sp³-hybridized carbons (Fsp3) is 0.625. The van der Waals surface area contributed by atoms with E-state index in [1.165, 1.54) is 48.9 Å². The van der Waals surface area contributed by atoms with Gasteiger partial charge >= 0.3 is 0 Å². The van der Waals surface area contributed by atoms with Gasteiger partial charge in [-0.15, -0.1) is 0 Å². The van der Waals surface area contributed by atoms with Crippen LogP contribution in [-0.2, 0) is 13.0 Å². The van der Waals surface area contributed by atoms with Gasteiger partial charge in [0, 0.05) is 30.1 Å². The smallest absolute Gasteiger partial charge is 0.0419 e. The van der Waals surface area contributed by atoms with Gasteiger partial charge in [0.05, 0.1) is 0 Å². The van der Waals surface area contributed by atoms with E-state index in [1.54, 1.807) is 0 Å². The van der Waals surface area contributed by atoms with Crippen LogP contribution >= 0.6 is 11.8 Å². The van der Waals surface area contributed by atoms with Crippen molar-refractivity contribution in [3.05, 3.63) is 29.3 Å². The second-order valence-electron chi connectivity index (χ2n) is 5.73. The van der Waals surface area contributed by atoms with Crippen molar-refractivity contribution in [3.63, 3.8) is 0 Å². The molecule has 0 saturated heterocycles. The van der Waals surface area contributed by atoms with E-state index in [0.717, 1.165) is 18.3 Å². The maximum absolute atomic E-state index is 3.78. The van der Waals surface area contributed by atoms with Crippen molar-refractivity contribution >= 4 is 17.4 Å². The van der Waals surface area contributed by atoms with E-state index in [0.29, 0.717) is 6.04 Å². The Morgan fingerprint density at radius 2 is 2.32 bits per heavy atom. The van der Waals surface area contributed by atoms with E-state index in [9.17, 15) is 0 Å². The number of rotatable bonds is 4. The first-order chi connectivity index (χ1) is 9.36. The highest BCUT2D eigenvalue weighted by Gasteiger charge is 2.21. The number of thioether (sulfide) groups is 1. The molecular formula is C16H24N2S. The third-order valence-electron chi connectivity index (χ3n) is 4.47. The molecule has 0 amide bonds. The van der Waals surface area contributed by atoms with E-state index < -0.39 is 0 Å². The second kappa shape index (κ2) is 6.19. The van der Waals surface area contributed by atoms with Gasteiger partial charge in [-0.2, -0.15) is 11.8 Å². The summed E-state index contributed by atoms with van der Waals surface area (Å²) < 4.78 is 0. The van der Waals surface area contributed by atoms with Gasteiger partial charge in [0.1, 0.15) is 0 Å². The number of anilines is 1. The summed E-state index contributed by atoms with van der Waals surface area (Å²) in [6.07, 6.45) is 8.90. The number of para-hydroxylation sites is 1. The standard InChI is InChI=1S/C16H24N2S/c1-19-15-7-3-6-14(10-15)18-11-13-5-2-4-12-8-9-17-16(12)13/h2,4-5,14-15,17-18H,3,6-11H2,1H3. The van der Waals surface area contributed by atoms with Gasteiger partial charge in [-0.05, 0) is 43.1 Å². The number of hydrogen-bond acceptors (Lipinski definition) is 3. The minimum absolute atomic E-state index is 0.712. The lowest BCUT2D eigenvalue weighted by Gasteiger charge is -2.29. The minimum Gasteiger partial charge on any atom is -0.384 e. The number of fused-ring (bicyclic) bond motifs is 1. The SMILES string of the molecule is CSC1CCCC(NCc2cccc3c2NCC3)C1.